The fraction of sp³-hybridized carbons (Fsp3) is 0.238. The lowest BCUT2D eigenvalue weighted by molar-refractivity contribution is 0.412. The third kappa shape index (κ3) is 3.98. The molecule has 7 heteroatoms. The van der Waals surface area contributed by atoms with E-state index in [0.717, 1.165) is 37.7 Å². The van der Waals surface area contributed by atoms with Crippen LogP contribution in [0.4, 0.5) is 15.9 Å². The van der Waals surface area contributed by atoms with E-state index in [1.165, 1.54) is 12.4 Å². The van der Waals surface area contributed by atoms with E-state index in [2.05, 4.69) is 19.8 Å². The van der Waals surface area contributed by atoms with Gasteiger partial charge in [-0.25, -0.2) is 14.4 Å². The molecular weight excluding hydrogens is 359 g/mol. The maximum atomic E-state index is 14.0. The highest BCUT2D eigenvalue weighted by Gasteiger charge is 2.20. The highest BCUT2D eigenvalue weighted by atomic mass is 19.1. The van der Waals surface area contributed by atoms with Gasteiger partial charge in [-0.15, -0.1) is 0 Å². The lowest BCUT2D eigenvalue weighted by atomic mass is 10.2. The van der Waals surface area contributed by atoms with Crippen LogP contribution in [0.15, 0.2) is 60.9 Å². The predicted octanol–water partition coefficient (Wildman–Crippen LogP) is 3.74. The molecule has 4 rings (SSSR count). The van der Waals surface area contributed by atoms with E-state index in [1.807, 2.05) is 42.5 Å². The van der Waals surface area contributed by atoms with Crippen molar-refractivity contribution < 1.29 is 13.9 Å². The molecule has 1 aliphatic heterocycles. The van der Waals surface area contributed by atoms with E-state index in [4.69, 9.17) is 9.47 Å². The molecule has 28 heavy (non-hydrogen) atoms. The van der Waals surface area contributed by atoms with E-state index in [1.54, 1.807) is 13.2 Å². The summed E-state index contributed by atoms with van der Waals surface area (Å²) in [5.74, 6) is 2.53. The maximum absolute atomic E-state index is 14.0. The van der Waals surface area contributed by atoms with Gasteiger partial charge in [0.2, 0.25) is 5.88 Å². The molecule has 0 amide bonds. The van der Waals surface area contributed by atoms with Crippen LogP contribution in [0.25, 0.3) is 0 Å². The molecule has 0 bridgehead atoms. The summed E-state index contributed by atoms with van der Waals surface area (Å²) in [6, 6.07) is 16.0. The first-order valence-electron chi connectivity index (χ1n) is 9.11. The van der Waals surface area contributed by atoms with Gasteiger partial charge in [-0.2, -0.15) is 0 Å². The number of benzene rings is 2. The van der Waals surface area contributed by atoms with Gasteiger partial charge in [-0.1, -0.05) is 12.1 Å². The van der Waals surface area contributed by atoms with Crippen molar-refractivity contribution in [3.8, 4) is 17.4 Å². The van der Waals surface area contributed by atoms with E-state index in [9.17, 15) is 4.39 Å². The summed E-state index contributed by atoms with van der Waals surface area (Å²) in [7, 11) is 1.62. The molecule has 0 saturated carbocycles. The third-order valence-electron chi connectivity index (χ3n) is 4.71. The molecule has 6 nitrogen and oxygen atoms in total. The number of piperazine rings is 1. The summed E-state index contributed by atoms with van der Waals surface area (Å²) in [6.45, 7) is 2.93. The van der Waals surface area contributed by atoms with Crippen LogP contribution < -0.4 is 19.3 Å². The summed E-state index contributed by atoms with van der Waals surface area (Å²) >= 11 is 0. The molecule has 2 aromatic carbocycles. The van der Waals surface area contributed by atoms with Gasteiger partial charge in [0, 0.05) is 32.2 Å². The highest BCUT2D eigenvalue weighted by molar-refractivity contribution is 5.51. The zero-order valence-corrected chi connectivity index (χ0v) is 15.6. The van der Waals surface area contributed by atoms with E-state index in [-0.39, 0.29) is 5.82 Å². The average Bonchev–Trinajstić information content (AvgIpc) is 2.75. The Kier molecular flexibility index (Phi) is 5.23. The minimum Gasteiger partial charge on any atom is -0.497 e. The van der Waals surface area contributed by atoms with E-state index < -0.39 is 0 Å². The molecule has 1 aliphatic rings. The maximum Gasteiger partial charge on any atom is 0.224 e. The number of ether oxygens (including phenoxy) is 2. The normalized spacial score (nSPS) is 14.1. The van der Waals surface area contributed by atoms with Crippen molar-refractivity contribution in [3.05, 3.63) is 66.7 Å². The highest BCUT2D eigenvalue weighted by Crippen LogP contribution is 2.26. The van der Waals surface area contributed by atoms with Gasteiger partial charge in [0.05, 0.1) is 12.8 Å². The van der Waals surface area contributed by atoms with Crippen molar-refractivity contribution in [2.45, 2.75) is 0 Å². The molecule has 1 saturated heterocycles. The van der Waals surface area contributed by atoms with Crippen molar-refractivity contribution in [2.75, 3.05) is 43.1 Å². The lowest BCUT2D eigenvalue weighted by Gasteiger charge is -2.36. The number of anilines is 2. The number of hydrogen-bond donors (Lipinski definition) is 0. The van der Waals surface area contributed by atoms with Crippen LogP contribution >= 0.6 is 0 Å². The van der Waals surface area contributed by atoms with Crippen molar-refractivity contribution in [1.82, 2.24) is 9.97 Å². The number of methoxy groups -OCH3 is 1. The van der Waals surface area contributed by atoms with Gasteiger partial charge < -0.3 is 19.3 Å². The number of aromatic nitrogens is 2. The molecule has 1 aromatic heterocycles. The van der Waals surface area contributed by atoms with Crippen LogP contribution in [-0.4, -0.2) is 43.3 Å². The van der Waals surface area contributed by atoms with Crippen LogP contribution in [0.2, 0.25) is 0 Å². The van der Waals surface area contributed by atoms with Crippen LogP contribution in [0, 0.1) is 5.82 Å². The Morgan fingerprint density at radius 2 is 1.54 bits per heavy atom. The molecule has 144 valence electrons. The molecular formula is C21H21FN4O2. The smallest absolute Gasteiger partial charge is 0.224 e. The number of para-hydroxylation sites is 1. The standard InChI is InChI=1S/C21H21FN4O2/c1-27-16-6-8-17(9-7-16)28-21-14-20(23-15-24-21)26-12-10-25(11-13-26)19-5-3-2-4-18(19)22/h2-9,14-15H,10-13H2,1H3. The predicted molar refractivity (Wildman–Crippen MR) is 106 cm³/mol. The van der Waals surface area contributed by atoms with Gasteiger partial charge in [0.25, 0.3) is 0 Å². The zero-order chi connectivity index (χ0) is 19.3. The topological polar surface area (TPSA) is 50.7 Å². The van der Waals surface area contributed by atoms with Crippen LogP contribution in [0.3, 0.4) is 0 Å². The second-order valence-corrected chi connectivity index (χ2v) is 6.42. The molecule has 0 N–H and O–H groups in total. The second kappa shape index (κ2) is 8.12. The lowest BCUT2D eigenvalue weighted by Crippen LogP contribution is -2.47. The molecule has 3 aromatic rings. The quantitative estimate of drug-likeness (QED) is 0.672. The van der Waals surface area contributed by atoms with Crippen molar-refractivity contribution in [3.63, 3.8) is 0 Å². The van der Waals surface area contributed by atoms with Crippen LogP contribution in [0.1, 0.15) is 0 Å². The SMILES string of the molecule is COc1ccc(Oc2cc(N3CCN(c4ccccc4F)CC3)ncn2)cc1. The first-order valence-corrected chi connectivity index (χ1v) is 9.11. The molecule has 1 fully saturated rings. The van der Waals surface area contributed by atoms with Gasteiger partial charge >= 0.3 is 0 Å². The monoisotopic (exact) mass is 380 g/mol. The Morgan fingerprint density at radius 1 is 0.857 bits per heavy atom. The average molecular weight is 380 g/mol. The Hall–Kier alpha value is -3.35. The van der Waals surface area contributed by atoms with Crippen LogP contribution in [0.5, 0.6) is 17.4 Å². The van der Waals surface area contributed by atoms with E-state index >= 15 is 0 Å². The second-order valence-electron chi connectivity index (χ2n) is 6.42. The molecule has 0 aliphatic carbocycles. The minimum absolute atomic E-state index is 0.187. The fourth-order valence-electron chi connectivity index (χ4n) is 3.21. The van der Waals surface area contributed by atoms with Crippen LogP contribution in [-0.2, 0) is 0 Å². The molecule has 2 heterocycles. The summed E-state index contributed by atoms with van der Waals surface area (Å²) in [5.41, 5.74) is 0.647. The summed E-state index contributed by atoms with van der Waals surface area (Å²) in [4.78, 5) is 12.8. The largest absolute Gasteiger partial charge is 0.497 e. The number of nitrogens with zero attached hydrogens (tertiary/aromatic N) is 4. The minimum atomic E-state index is -0.187. The molecule has 0 unspecified atom stereocenters. The molecule has 0 atom stereocenters. The third-order valence-corrected chi connectivity index (χ3v) is 4.71. The molecule has 0 spiro atoms. The van der Waals surface area contributed by atoms with Gasteiger partial charge in [0.15, 0.2) is 0 Å². The number of hydrogen-bond acceptors (Lipinski definition) is 6. The van der Waals surface area contributed by atoms with Gasteiger partial charge in [-0.3, -0.25) is 0 Å². The number of halogens is 1. The summed E-state index contributed by atoms with van der Waals surface area (Å²) < 4.78 is 25.0. The summed E-state index contributed by atoms with van der Waals surface area (Å²) in [5, 5.41) is 0. The first-order chi connectivity index (χ1) is 13.7. The first kappa shape index (κ1) is 18.0. The Labute approximate surface area is 163 Å². The van der Waals surface area contributed by atoms with E-state index in [0.29, 0.717) is 17.3 Å². The Morgan fingerprint density at radius 3 is 2.25 bits per heavy atom. The summed E-state index contributed by atoms with van der Waals surface area (Å²) in [6.07, 6.45) is 1.50. The molecule has 0 radical (unpaired) electrons. The van der Waals surface area contributed by atoms with Gasteiger partial charge in [-0.05, 0) is 36.4 Å². The van der Waals surface area contributed by atoms with Crippen molar-refractivity contribution >= 4 is 11.5 Å². The number of rotatable bonds is 5. The van der Waals surface area contributed by atoms with Gasteiger partial charge in [0.1, 0.15) is 29.5 Å². The van der Waals surface area contributed by atoms with Crippen molar-refractivity contribution in [2.24, 2.45) is 0 Å². The van der Waals surface area contributed by atoms with Crippen molar-refractivity contribution in [1.29, 1.82) is 0 Å². The zero-order valence-electron chi connectivity index (χ0n) is 15.6. The Balaban J connectivity index is 1.41. The fourth-order valence-corrected chi connectivity index (χ4v) is 3.21. The Bertz CT molecular complexity index is 928.